The summed E-state index contributed by atoms with van der Waals surface area (Å²) in [6.45, 7) is 1.65. The molecule has 0 aliphatic rings. The zero-order chi connectivity index (χ0) is 13.3. The average molecular weight is 343 g/mol. The van der Waals surface area contributed by atoms with Crippen LogP contribution in [0.3, 0.4) is 0 Å². The molecule has 0 saturated carbocycles. The Morgan fingerprint density at radius 2 is 1.88 bits per heavy atom. The second-order valence-electron chi connectivity index (χ2n) is 3.35. The summed E-state index contributed by atoms with van der Waals surface area (Å²) in [5, 5.41) is 4.96. The fourth-order valence-electron chi connectivity index (χ4n) is 1.08. The molecule has 0 heterocycles. The van der Waals surface area contributed by atoms with Crippen molar-refractivity contribution in [1.29, 1.82) is 0 Å². The van der Waals surface area contributed by atoms with E-state index in [0.717, 1.165) is 0 Å². The molecule has 0 aliphatic heterocycles. The summed E-state index contributed by atoms with van der Waals surface area (Å²) in [6, 6.07) is 3.98. The third-order valence-corrected chi connectivity index (χ3v) is 5.48. The molecule has 6 nitrogen and oxygen atoms in total. The first-order chi connectivity index (χ1) is 7.65. The van der Waals surface area contributed by atoms with Gasteiger partial charge < -0.3 is 0 Å². The third-order valence-electron chi connectivity index (χ3n) is 1.95. The highest BCUT2D eigenvalue weighted by molar-refractivity contribution is 9.10. The van der Waals surface area contributed by atoms with Crippen LogP contribution in [0, 0.1) is 6.92 Å². The van der Waals surface area contributed by atoms with Crippen LogP contribution in [0.15, 0.2) is 23.1 Å². The van der Waals surface area contributed by atoms with Crippen LogP contribution in [0.5, 0.6) is 0 Å². The van der Waals surface area contributed by atoms with Gasteiger partial charge in [-0.15, -0.1) is 0 Å². The minimum atomic E-state index is -3.85. The molecule has 1 aromatic rings. The Morgan fingerprint density at radius 3 is 2.35 bits per heavy atom. The molecule has 0 bridgehead atoms. The molecule has 0 saturated heterocycles. The van der Waals surface area contributed by atoms with Crippen LogP contribution in [0.1, 0.15) is 5.56 Å². The maximum Gasteiger partial charge on any atom is 0.242 e. The van der Waals surface area contributed by atoms with Gasteiger partial charge in [-0.25, -0.2) is 22.0 Å². The highest BCUT2D eigenvalue weighted by Crippen LogP contribution is 2.20. The number of nitrogens with two attached hydrogens (primary N) is 1. The van der Waals surface area contributed by atoms with Gasteiger partial charge in [-0.3, -0.25) is 4.72 Å². The van der Waals surface area contributed by atoms with Crippen molar-refractivity contribution in [3.63, 3.8) is 0 Å². The summed E-state index contributed by atoms with van der Waals surface area (Å²) in [7, 11) is -7.38. The number of benzene rings is 1. The Kier molecular flexibility index (Phi) is 4.18. The Morgan fingerprint density at radius 1 is 1.29 bits per heavy atom. The van der Waals surface area contributed by atoms with Crippen LogP contribution in [-0.4, -0.2) is 21.5 Å². The van der Waals surface area contributed by atoms with E-state index in [1.165, 1.54) is 18.2 Å². The number of anilines is 1. The first-order valence-corrected chi connectivity index (χ1v) is 8.67. The molecular weight excluding hydrogens is 332 g/mol. The minimum absolute atomic E-state index is 0.143. The van der Waals surface area contributed by atoms with Gasteiger partial charge in [-0.05, 0) is 24.6 Å². The number of rotatable bonds is 4. The second-order valence-corrected chi connectivity index (χ2v) is 7.93. The van der Waals surface area contributed by atoms with E-state index in [1.54, 1.807) is 6.92 Å². The number of primary sulfonamides is 1. The van der Waals surface area contributed by atoms with E-state index in [-0.39, 0.29) is 15.2 Å². The van der Waals surface area contributed by atoms with Gasteiger partial charge in [0.05, 0.1) is 10.6 Å². The molecular formula is C8H11BrN2O4S2. The monoisotopic (exact) mass is 342 g/mol. The first-order valence-electron chi connectivity index (χ1n) is 4.35. The number of hydrogen-bond donors (Lipinski definition) is 2. The van der Waals surface area contributed by atoms with Gasteiger partial charge in [0.1, 0.15) is 4.66 Å². The fourth-order valence-corrected chi connectivity index (χ4v) is 2.58. The average Bonchev–Trinajstić information content (AvgIpc) is 2.19. The number of nitrogens with one attached hydrogen (secondary N) is 1. The predicted octanol–water partition coefficient (Wildman–Crippen LogP) is 0.737. The number of halogens is 1. The minimum Gasteiger partial charge on any atom is -0.283 e. The Hall–Kier alpha value is -0.640. The van der Waals surface area contributed by atoms with Gasteiger partial charge in [-0.1, -0.05) is 22.0 Å². The van der Waals surface area contributed by atoms with Crippen molar-refractivity contribution in [2.24, 2.45) is 5.14 Å². The maximum atomic E-state index is 11.3. The van der Waals surface area contributed by atoms with Crippen molar-refractivity contribution in [2.75, 3.05) is 9.38 Å². The van der Waals surface area contributed by atoms with Gasteiger partial charge in [0.2, 0.25) is 20.0 Å². The zero-order valence-electron chi connectivity index (χ0n) is 8.84. The molecule has 0 unspecified atom stereocenters. The maximum absolute atomic E-state index is 11.3. The predicted molar refractivity (Wildman–Crippen MR) is 68.9 cm³/mol. The molecule has 0 fully saturated rings. The van der Waals surface area contributed by atoms with Gasteiger partial charge >= 0.3 is 0 Å². The van der Waals surface area contributed by atoms with Crippen LogP contribution in [-0.2, 0) is 20.0 Å². The van der Waals surface area contributed by atoms with E-state index in [4.69, 9.17) is 5.14 Å². The van der Waals surface area contributed by atoms with E-state index in [1.807, 2.05) is 0 Å². The summed E-state index contributed by atoms with van der Waals surface area (Å²) in [6.07, 6.45) is 0. The van der Waals surface area contributed by atoms with Crippen molar-refractivity contribution in [2.45, 2.75) is 11.8 Å². The normalized spacial score (nSPS) is 12.4. The Labute approximate surface area is 108 Å². The smallest absolute Gasteiger partial charge is 0.242 e. The number of sulfonamides is 2. The van der Waals surface area contributed by atoms with Crippen molar-refractivity contribution in [1.82, 2.24) is 0 Å². The highest BCUT2D eigenvalue weighted by atomic mass is 79.9. The lowest BCUT2D eigenvalue weighted by atomic mass is 10.2. The Bertz CT molecular complexity index is 625. The fraction of sp³-hybridized carbons (Fsp3) is 0.250. The molecule has 0 aliphatic carbocycles. The lowest BCUT2D eigenvalue weighted by Crippen LogP contribution is -2.16. The summed E-state index contributed by atoms with van der Waals surface area (Å²) in [5.74, 6) is 0. The number of hydrogen-bond acceptors (Lipinski definition) is 4. The molecule has 0 spiro atoms. The van der Waals surface area contributed by atoms with Crippen molar-refractivity contribution < 1.29 is 16.8 Å². The van der Waals surface area contributed by atoms with E-state index >= 15 is 0 Å². The van der Waals surface area contributed by atoms with Crippen LogP contribution >= 0.6 is 15.9 Å². The summed E-state index contributed by atoms with van der Waals surface area (Å²) >= 11 is 2.82. The Balaban J connectivity index is 3.26. The topological polar surface area (TPSA) is 106 Å². The van der Waals surface area contributed by atoms with Crippen LogP contribution in [0.2, 0.25) is 0 Å². The molecule has 17 heavy (non-hydrogen) atoms. The lowest BCUT2D eigenvalue weighted by molar-refractivity contribution is 0.597. The molecule has 0 aromatic heterocycles. The van der Waals surface area contributed by atoms with Crippen LogP contribution < -0.4 is 9.86 Å². The van der Waals surface area contributed by atoms with E-state index < -0.39 is 20.0 Å². The van der Waals surface area contributed by atoms with Crippen molar-refractivity contribution in [3.8, 4) is 0 Å². The van der Waals surface area contributed by atoms with Crippen LogP contribution in [0.25, 0.3) is 0 Å². The number of aryl methyl sites for hydroxylation is 1. The summed E-state index contributed by atoms with van der Waals surface area (Å²) in [4.78, 5) is -0.143. The quantitative estimate of drug-likeness (QED) is 0.786. The number of alkyl halides is 1. The van der Waals surface area contributed by atoms with Crippen LogP contribution in [0.4, 0.5) is 5.69 Å². The highest BCUT2D eigenvalue weighted by Gasteiger charge is 2.13. The van der Waals surface area contributed by atoms with Gasteiger partial charge in [-0.2, -0.15) is 0 Å². The SMILES string of the molecule is Cc1ccc(S(N)(=O)=O)cc1NS(=O)(=O)CBr. The third kappa shape index (κ3) is 3.95. The van der Waals surface area contributed by atoms with E-state index in [9.17, 15) is 16.8 Å². The zero-order valence-corrected chi connectivity index (χ0v) is 12.1. The first kappa shape index (κ1) is 14.4. The molecule has 0 radical (unpaired) electrons. The second kappa shape index (κ2) is 4.92. The lowest BCUT2D eigenvalue weighted by Gasteiger charge is -2.10. The molecule has 1 rings (SSSR count). The molecule has 0 amide bonds. The van der Waals surface area contributed by atoms with E-state index in [2.05, 4.69) is 20.7 Å². The van der Waals surface area contributed by atoms with Crippen molar-refractivity contribution in [3.05, 3.63) is 23.8 Å². The molecule has 0 atom stereocenters. The molecule has 1 aromatic carbocycles. The van der Waals surface area contributed by atoms with Gasteiger partial charge in [0.25, 0.3) is 0 Å². The van der Waals surface area contributed by atoms with Crippen molar-refractivity contribution >= 4 is 41.7 Å². The largest absolute Gasteiger partial charge is 0.283 e. The summed E-state index contributed by atoms with van der Waals surface area (Å²) in [5.41, 5.74) is 0.790. The molecule has 96 valence electrons. The van der Waals surface area contributed by atoms with Gasteiger partial charge in [0, 0.05) is 0 Å². The summed E-state index contributed by atoms with van der Waals surface area (Å²) < 4.78 is 46.9. The molecule has 3 N–H and O–H groups in total. The van der Waals surface area contributed by atoms with E-state index in [0.29, 0.717) is 5.56 Å². The standard InChI is InChI=1S/C8H11BrN2O4S2/c1-6-2-3-7(17(10,14)15)4-8(6)11-16(12,13)5-9/h2-4,11H,5H2,1H3,(H2,10,14,15). The van der Waals surface area contributed by atoms with Gasteiger partial charge in [0.15, 0.2) is 0 Å². The molecule has 9 heteroatoms.